The molecule has 0 unspecified atom stereocenters. The Morgan fingerprint density at radius 3 is 2.41 bits per heavy atom. The molecule has 3 aromatic rings. The minimum atomic E-state index is -0.472. The molecular formula is C26H26FN3O2. The first-order valence-corrected chi connectivity index (χ1v) is 10.9. The number of hydrogen-bond acceptors (Lipinski definition) is 3. The Morgan fingerprint density at radius 1 is 0.875 bits per heavy atom. The van der Waals surface area contributed by atoms with Crippen LogP contribution in [0.1, 0.15) is 39.1 Å². The minimum absolute atomic E-state index is 0.176. The molecule has 0 atom stereocenters. The zero-order valence-corrected chi connectivity index (χ0v) is 17.8. The van der Waals surface area contributed by atoms with E-state index in [9.17, 15) is 14.0 Å². The number of amides is 2. The van der Waals surface area contributed by atoms with Gasteiger partial charge in [0, 0.05) is 36.6 Å². The third-order valence-electron chi connectivity index (χ3n) is 5.57. The summed E-state index contributed by atoms with van der Waals surface area (Å²) < 4.78 is 13.5. The molecule has 3 aromatic carbocycles. The molecule has 2 amide bonds. The molecule has 0 aliphatic carbocycles. The fourth-order valence-electron chi connectivity index (χ4n) is 3.92. The lowest BCUT2D eigenvalue weighted by atomic mass is 10.1. The van der Waals surface area contributed by atoms with Crippen molar-refractivity contribution < 1.29 is 14.0 Å². The molecule has 0 radical (unpaired) electrons. The van der Waals surface area contributed by atoms with Crippen molar-refractivity contribution >= 4 is 23.2 Å². The minimum Gasteiger partial charge on any atom is -0.371 e. The summed E-state index contributed by atoms with van der Waals surface area (Å²) >= 11 is 0. The van der Waals surface area contributed by atoms with Gasteiger partial charge in [0.25, 0.3) is 11.8 Å². The molecule has 5 nitrogen and oxygen atoms in total. The quantitative estimate of drug-likeness (QED) is 0.572. The number of carbonyl (C=O) groups excluding carboxylic acids is 2. The lowest BCUT2D eigenvalue weighted by Crippen LogP contribution is -2.29. The molecule has 0 spiro atoms. The molecule has 6 heteroatoms. The molecule has 1 aliphatic heterocycles. The first-order chi connectivity index (χ1) is 15.6. The Morgan fingerprint density at radius 2 is 1.66 bits per heavy atom. The number of rotatable bonds is 7. The van der Waals surface area contributed by atoms with Crippen molar-refractivity contribution in [3.8, 4) is 0 Å². The summed E-state index contributed by atoms with van der Waals surface area (Å²) in [5.41, 5.74) is 3.27. The maximum absolute atomic E-state index is 13.5. The summed E-state index contributed by atoms with van der Waals surface area (Å²) in [5.74, 6) is -1.07. The highest BCUT2D eigenvalue weighted by Crippen LogP contribution is 2.28. The molecule has 32 heavy (non-hydrogen) atoms. The van der Waals surface area contributed by atoms with Gasteiger partial charge in [-0.3, -0.25) is 9.59 Å². The van der Waals surface area contributed by atoms with Gasteiger partial charge in [-0.05, 0) is 61.2 Å². The van der Waals surface area contributed by atoms with Gasteiger partial charge in [0.05, 0.1) is 5.56 Å². The molecule has 0 bridgehead atoms. The maximum atomic E-state index is 13.5. The number of nitrogens with zero attached hydrogens (tertiary/aromatic N) is 1. The summed E-state index contributed by atoms with van der Waals surface area (Å²) in [6.07, 6.45) is 2.92. The number of nitrogens with one attached hydrogen (secondary N) is 2. The van der Waals surface area contributed by atoms with Gasteiger partial charge in [0.2, 0.25) is 0 Å². The van der Waals surface area contributed by atoms with Crippen molar-refractivity contribution in [2.45, 2.75) is 19.3 Å². The zero-order chi connectivity index (χ0) is 22.3. The van der Waals surface area contributed by atoms with E-state index in [1.165, 1.54) is 18.2 Å². The summed E-state index contributed by atoms with van der Waals surface area (Å²) in [7, 11) is 0. The van der Waals surface area contributed by atoms with E-state index < -0.39 is 11.7 Å². The maximum Gasteiger partial charge on any atom is 0.255 e. The van der Waals surface area contributed by atoms with E-state index in [1.807, 2.05) is 36.4 Å². The third kappa shape index (κ3) is 5.32. The first kappa shape index (κ1) is 21.6. The highest BCUT2D eigenvalue weighted by Gasteiger charge is 2.20. The van der Waals surface area contributed by atoms with Crippen LogP contribution in [0.4, 0.5) is 15.8 Å². The van der Waals surface area contributed by atoms with Crippen molar-refractivity contribution in [1.29, 1.82) is 0 Å². The smallest absolute Gasteiger partial charge is 0.255 e. The normalized spacial score (nSPS) is 13.1. The van der Waals surface area contributed by atoms with Crippen LogP contribution in [0.5, 0.6) is 0 Å². The lowest BCUT2D eigenvalue weighted by Gasteiger charge is -2.22. The highest BCUT2D eigenvalue weighted by atomic mass is 19.1. The largest absolute Gasteiger partial charge is 0.371 e. The number of carbonyl (C=O) groups is 2. The van der Waals surface area contributed by atoms with Gasteiger partial charge in [-0.25, -0.2) is 4.39 Å². The Labute approximate surface area is 187 Å². The van der Waals surface area contributed by atoms with E-state index in [1.54, 1.807) is 18.2 Å². The van der Waals surface area contributed by atoms with Crippen molar-refractivity contribution in [3.63, 3.8) is 0 Å². The predicted octanol–water partition coefficient (Wildman–Crippen LogP) is 4.65. The lowest BCUT2D eigenvalue weighted by molar-refractivity contribution is 0.0953. The van der Waals surface area contributed by atoms with Gasteiger partial charge >= 0.3 is 0 Å². The SMILES string of the molecule is O=C(Nc1ccc(N2CCCC2)c(C(=O)NCCc2ccccc2)c1)c1cccc(F)c1. The van der Waals surface area contributed by atoms with Crippen LogP contribution in [0, 0.1) is 5.82 Å². The topological polar surface area (TPSA) is 61.4 Å². The molecular weight excluding hydrogens is 405 g/mol. The first-order valence-electron chi connectivity index (χ1n) is 10.9. The van der Waals surface area contributed by atoms with E-state index in [0.29, 0.717) is 17.8 Å². The third-order valence-corrected chi connectivity index (χ3v) is 5.57. The van der Waals surface area contributed by atoms with E-state index in [2.05, 4.69) is 15.5 Å². The second kappa shape index (κ2) is 10.1. The van der Waals surface area contributed by atoms with Gasteiger partial charge in [-0.1, -0.05) is 36.4 Å². The monoisotopic (exact) mass is 431 g/mol. The van der Waals surface area contributed by atoms with Gasteiger partial charge in [0.15, 0.2) is 0 Å². The van der Waals surface area contributed by atoms with Crippen LogP contribution >= 0.6 is 0 Å². The Kier molecular flexibility index (Phi) is 6.80. The van der Waals surface area contributed by atoms with Crippen molar-refractivity contribution in [2.24, 2.45) is 0 Å². The second-order valence-corrected chi connectivity index (χ2v) is 7.88. The number of benzene rings is 3. The van der Waals surface area contributed by atoms with Gasteiger partial charge in [0.1, 0.15) is 5.82 Å². The molecule has 4 rings (SSSR count). The average molecular weight is 432 g/mol. The summed E-state index contributed by atoms with van der Waals surface area (Å²) in [5, 5.41) is 5.78. The van der Waals surface area contributed by atoms with Crippen molar-refractivity contribution in [3.05, 3.63) is 95.3 Å². The molecule has 164 valence electrons. The summed E-state index contributed by atoms with van der Waals surface area (Å²) in [6.45, 7) is 2.32. The summed E-state index contributed by atoms with van der Waals surface area (Å²) in [4.78, 5) is 27.8. The fraction of sp³-hybridized carbons (Fsp3) is 0.231. The van der Waals surface area contributed by atoms with Crippen LogP contribution in [0.25, 0.3) is 0 Å². The Balaban J connectivity index is 1.51. The van der Waals surface area contributed by atoms with Gasteiger partial charge < -0.3 is 15.5 Å². The molecule has 0 aromatic heterocycles. The van der Waals surface area contributed by atoms with Crippen LogP contribution in [0.3, 0.4) is 0 Å². The van der Waals surface area contributed by atoms with Crippen LogP contribution in [-0.4, -0.2) is 31.4 Å². The molecule has 1 aliphatic rings. The summed E-state index contributed by atoms with van der Waals surface area (Å²) in [6, 6.07) is 20.9. The fourth-order valence-corrected chi connectivity index (χ4v) is 3.92. The zero-order valence-electron chi connectivity index (χ0n) is 17.8. The molecule has 1 fully saturated rings. The Hall–Kier alpha value is -3.67. The van der Waals surface area contributed by atoms with E-state index in [-0.39, 0.29) is 11.5 Å². The molecule has 1 heterocycles. The number of anilines is 2. The second-order valence-electron chi connectivity index (χ2n) is 7.88. The molecule has 0 saturated carbocycles. The van der Waals surface area contributed by atoms with Crippen LogP contribution in [-0.2, 0) is 6.42 Å². The number of halogens is 1. The van der Waals surface area contributed by atoms with Crippen molar-refractivity contribution in [2.75, 3.05) is 29.9 Å². The predicted molar refractivity (Wildman–Crippen MR) is 125 cm³/mol. The van der Waals surface area contributed by atoms with E-state index in [4.69, 9.17) is 0 Å². The average Bonchev–Trinajstić information content (AvgIpc) is 3.34. The van der Waals surface area contributed by atoms with Crippen molar-refractivity contribution in [1.82, 2.24) is 5.32 Å². The molecule has 2 N–H and O–H groups in total. The van der Waals surface area contributed by atoms with E-state index in [0.717, 1.165) is 43.6 Å². The molecule has 1 saturated heterocycles. The van der Waals surface area contributed by atoms with Crippen LogP contribution in [0.15, 0.2) is 72.8 Å². The standard InChI is InChI=1S/C26H26FN3O2/c27-21-10-6-9-20(17-21)25(31)29-22-11-12-24(30-15-4-5-16-30)23(18-22)26(32)28-14-13-19-7-2-1-3-8-19/h1-3,6-12,17-18H,4-5,13-16H2,(H,28,32)(H,29,31). The van der Waals surface area contributed by atoms with Crippen LogP contribution in [0.2, 0.25) is 0 Å². The van der Waals surface area contributed by atoms with Crippen LogP contribution < -0.4 is 15.5 Å². The van der Waals surface area contributed by atoms with Gasteiger partial charge in [-0.15, -0.1) is 0 Å². The van der Waals surface area contributed by atoms with E-state index >= 15 is 0 Å². The van der Waals surface area contributed by atoms with Gasteiger partial charge in [-0.2, -0.15) is 0 Å². The number of hydrogen-bond donors (Lipinski definition) is 2. The highest BCUT2D eigenvalue weighted by molar-refractivity contribution is 6.06. The Bertz CT molecular complexity index is 1100.